The molecule has 6 rings (SSSR count). The minimum absolute atomic E-state index is 0.0821. The van der Waals surface area contributed by atoms with Gasteiger partial charge < -0.3 is 14.6 Å². The van der Waals surface area contributed by atoms with Crippen molar-refractivity contribution in [2.75, 3.05) is 32.8 Å². The number of nitrogens with one attached hydrogen (secondary N) is 1. The normalized spacial score (nSPS) is 27.7. The Morgan fingerprint density at radius 1 is 1.14 bits per heavy atom. The number of carbonyl (C=O) groups is 2. The number of carbonyl (C=O) groups excluding carboxylic acids is 2. The zero-order valence-electron chi connectivity index (χ0n) is 21.1. The molecule has 4 aliphatic rings. The van der Waals surface area contributed by atoms with Gasteiger partial charge in [-0.3, -0.25) is 14.6 Å². The van der Waals surface area contributed by atoms with Gasteiger partial charge in [0, 0.05) is 55.1 Å². The number of imide groups is 1. The van der Waals surface area contributed by atoms with E-state index in [0.717, 1.165) is 53.8 Å². The van der Waals surface area contributed by atoms with Gasteiger partial charge in [0.15, 0.2) is 0 Å². The number of urea groups is 1. The van der Waals surface area contributed by atoms with Gasteiger partial charge in [-0.15, -0.1) is 0 Å². The Morgan fingerprint density at radius 2 is 2.03 bits per heavy atom. The van der Waals surface area contributed by atoms with E-state index in [2.05, 4.69) is 52.4 Å². The number of fused-ring (bicyclic) bond motifs is 4. The van der Waals surface area contributed by atoms with Crippen molar-refractivity contribution in [1.29, 1.82) is 0 Å². The third-order valence-corrected chi connectivity index (χ3v) is 8.19. The monoisotopic (exact) mass is 486 g/mol. The first-order valence-corrected chi connectivity index (χ1v) is 13.1. The summed E-state index contributed by atoms with van der Waals surface area (Å²) >= 11 is 0. The molecule has 3 atom stereocenters. The second kappa shape index (κ2) is 8.96. The summed E-state index contributed by atoms with van der Waals surface area (Å²) in [4.78, 5) is 37.3. The number of H-pyrrole nitrogens is 1. The number of hydrogen-bond acceptors (Lipinski definition) is 4. The van der Waals surface area contributed by atoms with Crippen LogP contribution in [0.3, 0.4) is 0 Å². The van der Waals surface area contributed by atoms with Gasteiger partial charge in [-0.25, -0.2) is 4.79 Å². The molecule has 1 aromatic heterocycles. The van der Waals surface area contributed by atoms with E-state index in [1.54, 1.807) is 0 Å². The van der Waals surface area contributed by atoms with Crippen molar-refractivity contribution in [2.45, 2.75) is 44.7 Å². The van der Waals surface area contributed by atoms with Gasteiger partial charge in [0.05, 0.1) is 12.6 Å². The van der Waals surface area contributed by atoms with Crippen LogP contribution in [0.4, 0.5) is 4.79 Å². The predicted octanol–water partition coefficient (Wildman–Crippen LogP) is 4.58. The fraction of sp³-hybridized carbons (Fsp3) is 0.448. The first kappa shape index (κ1) is 23.1. The zero-order valence-corrected chi connectivity index (χ0v) is 21.1. The van der Waals surface area contributed by atoms with E-state index in [0.29, 0.717) is 26.1 Å². The molecule has 7 nitrogen and oxygen atoms in total. The molecule has 1 unspecified atom stereocenters. The Morgan fingerprint density at radius 3 is 2.78 bits per heavy atom. The molecule has 0 radical (unpaired) electrons. The first-order chi connectivity index (χ1) is 17.5. The number of ether oxygens (including phenoxy) is 1. The summed E-state index contributed by atoms with van der Waals surface area (Å²) < 4.78 is 5.79. The molecular weight excluding hydrogens is 452 g/mol. The molecule has 0 bridgehead atoms. The van der Waals surface area contributed by atoms with Crippen LogP contribution in [-0.2, 0) is 11.2 Å². The second-order valence-electron chi connectivity index (χ2n) is 10.4. The van der Waals surface area contributed by atoms with E-state index >= 15 is 0 Å². The van der Waals surface area contributed by atoms with Crippen LogP contribution in [0.25, 0.3) is 10.9 Å². The summed E-state index contributed by atoms with van der Waals surface area (Å²) in [6, 6.07) is 5.69. The number of allylic oxidation sites excluding steroid dienone is 3. The summed E-state index contributed by atoms with van der Waals surface area (Å²) in [5.41, 5.74) is 2.28. The molecule has 2 aromatic rings. The van der Waals surface area contributed by atoms with Crippen LogP contribution >= 0.6 is 0 Å². The Balaban J connectivity index is 1.40. The summed E-state index contributed by atoms with van der Waals surface area (Å²) in [5.74, 6) is 0.834. The maximum Gasteiger partial charge on any atom is 0.328 e. The SMILES string of the molecule is CCOc1ccc2[nH]c3c(c2c1)C[C@@]1(C)C(=O)N(CCN2CC=CCC2)C(=O)N1[C@@H]3C1C=CC=CC1. The summed E-state index contributed by atoms with van der Waals surface area (Å²) in [6.45, 7) is 7.50. The third kappa shape index (κ3) is 3.60. The molecule has 3 aliphatic heterocycles. The van der Waals surface area contributed by atoms with Gasteiger partial charge in [0.2, 0.25) is 0 Å². The number of nitrogens with zero attached hydrogens (tertiary/aromatic N) is 3. The molecule has 4 heterocycles. The van der Waals surface area contributed by atoms with Crippen molar-refractivity contribution < 1.29 is 14.3 Å². The molecule has 188 valence electrons. The molecule has 1 fully saturated rings. The highest BCUT2D eigenvalue weighted by Crippen LogP contribution is 2.50. The second-order valence-corrected chi connectivity index (χ2v) is 10.4. The smallest absolute Gasteiger partial charge is 0.328 e. The molecule has 1 aliphatic carbocycles. The van der Waals surface area contributed by atoms with Crippen LogP contribution in [0, 0.1) is 5.92 Å². The molecule has 7 heteroatoms. The van der Waals surface area contributed by atoms with Crippen LogP contribution < -0.4 is 4.74 Å². The van der Waals surface area contributed by atoms with Crippen LogP contribution in [0.2, 0.25) is 0 Å². The van der Waals surface area contributed by atoms with E-state index in [1.807, 2.05) is 30.9 Å². The Bertz CT molecular complexity index is 1290. The molecule has 0 spiro atoms. The molecule has 36 heavy (non-hydrogen) atoms. The van der Waals surface area contributed by atoms with Crippen LogP contribution in [0.5, 0.6) is 5.75 Å². The van der Waals surface area contributed by atoms with Crippen molar-refractivity contribution in [2.24, 2.45) is 5.92 Å². The van der Waals surface area contributed by atoms with E-state index in [-0.39, 0.29) is 23.9 Å². The van der Waals surface area contributed by atoms with E-state index < -0.39 is 5.54 Å². The zero-order chi connectivity index (χ0) is 24.9. The average molecular weight is 487 g/mol. The van der Waals surface area contributed by atoms with Crippen molar-refractivity contribution >= 4 is 22.8 Å². The molecule has 0 saturated carbocycles. The van der Waals surface area contributed by atoms with Crippen LogP contribution in [0.15, 0.2) is 54.7 Å². The van der Waals surface area contributed by atoms with Gasteiger partial charge >= 0.3 is 6.03 Å². The van der Waals surface area contributed by atoms with Crippen LogP contribution in [-0.4, -0.2) is 69.9 Å². The summed E-state index contributed by atoms with van der Waals surface area (Å²) in [6.07, 6.45) is 15.1. The van der Waals surface area contributed by atoms with E-state index in [9.17, 15) is 9.59 Å². The standard InChI is InChI=1S/C29H34N4O3/c1-3-36-21-12-13-24-22(18-21)23-19-29(2)27(34)32(17-16-31-14-8-5-9-15-31)28(35)33(29)26(25(23)30-24)20-10-6-4-7-11-20/h4-8,10,12-13,18,20,26,30H,3,9,11,14-17,19H2,1-2H3/t20?,26-,29+/m1/s1. The molecule has 1 aromatic carbocycles. The third-order valence-electron chi connectivity index (χ3n) is 8.19. The van der Waals surface area contributed by atoms with Crippen molar-refractivity contribution in [3.05, 3.63) is 65.9 Å². The minimum Gasteiger partial charge on any atom is -0.494 e. The molecular formula is C29H34N4O3. The fourth-order valence-electron chi connectivity index (χ4n) is 6.40. The molecule has 1 N–H and O–H groups in total. The Labute approximate surface area is 212 Å². The highest BCUT2D eigenvalue weighted by molar-refractivity contribution is 6.08. The topological polar surface area (TPSA) is 68.9 Å². The van der Waals surface area contributed by atoms with E-state index in [4.69, 9.17) is 4.74 Å². The van der Waals surface area contributed by atoms with Crippen molar-refractivity contribution in [1.82, 2.24) is 19.7 Å². The number of amides is 3. The molecule has 1 saturated heterocycles. The number of rotatable bonds is 6. The van der Waals surface area contributed by atoms with E-state index in [1.165, 1.54) is 4.90 Å². The highest BCUT2D eigenvalue weighted by Gasteiger charge is 2.60. The Kier molecular flexibility index (Phi) is 5.75. The minimum atomic E-state index is -0.914. The number of hydrogen-bond donors (Lipinski definition) is 1. The molecule has 3 amide bonds. The van der Waals surface area contributed by atoms with Crippen molar-refractivity contribution in [3.63, 3.8) is 0 Å². The average Bonchev–Trinajstić information content (AvgIpc) is 3.34. The fourth-order valence-corrected chi connectivity index (χ4v) is 6.40. The maximum absolute atomic E-state index is 14.0. The maximum atomic E-state index is 14.0. The number of aromatic nitrogens is 1. The van der Waals surface area contributed by atoms with Gasteiger partial charge in [-0.2, -0.15) is 0 Å². The van der Waals surface area contributed by atoms with Crippen LogP contribution in [0.1, 0.15) is 44.0 Å². The van der Waals surface area contributed by atoms with Crippen molar-refractivity contribution in [3.8, 4) is 5.75 Å². The predicted molar refractivity (Wildman–Crippen MR) is 140 cm³/mol. The summed E-state index contributed by atoms with van der Waals surface area (Å²) in [7, 11) is 0. The first-order valence-electron chi connectivity index (χ1n) is 13.1. The Hall–Kier alpha value is -3.32. The van der Waals surface area contributed by atoms with Gasteiger partial charge in [0.1, 0.15) is 11.3 Å². The number of benzene rings is 1. The quantitative estimate of drug-likeness (QED) is 0.479. The number of aromatic amines is 1. The summed E-state index contributed by atoms with van der Waals surface area (Å²) in [5, 5.41) is 1.08. The lowest BCUT2D eigenvalue weighted by Gasteiger charge is -2.45. The lowest BCUT2D eigenvalue weighted by atomic mass is 9.78. The van der Waals surface area contributed by atoms with Gasteiger partial charge in [0.25, 0.3) is 5.91 Å². The van der Waals surface area contributed by atoms with Gasteiger partial charge in [-0.05, 0) is 50.5 Å². The largest absolute Gasteiger partial charge is 0.494 e. The van der Waals surface area contributed by atoms with Gasteiger partial charge in [-0.1, -0.05) is 36.5 Å². The highest BCUT2D eigenvalue weighted by atomic mass is 16.5. The lowest BCUT2D eigenvalue weighted by Crippen LogP contribution is -2.54. The lowest BCUT2D eigenvalue weighted by molar-refractivity contribution is -0.133.